The van der Waals surface area contributed by atoms with E-state index in [9.17, 15) is 4.79 Å². The highest BCUT2D eigenvalue weighted by molar-refractivity contribution is 5.91. The van der Waals surface area contributed by atoms with E-state index < -0.39 is 0 Å². The first-order valence-corrected chi connectivity index (χ1v) is 10.8. The molecule has 0 spiro atoms. The van der Waals surface area contributed by atoms with Crippen LogP contribution in [0.15, 0.2) is 48.5 Å². The molecule has 0 saturated heterocycles. The zero-order valence-corrected chi connectivity index (χ0v) is 19.6. The molecule has 33 heavy (non-hydrogen) atoms. The molecule has 4 rings (SSSR count). The Morgan fingerprint density at radius 1 is 1.03 bits per heavy atom. The van der Waals surface area contributed by atoms with Gasteiger partial charge < -0.3 is 14.8 Å². The molecule has 1 amide bonds. The molecule has 2 aromatic heterocycles. The summed E-state index contributed by atoms with van der Waals surface area (Å²) in [4.78, 5) is 17.3. The molecule has 0 fully saturated rings. The number of methoxy groups -OCH3 is 2. The highest BCUT2D eigenvalue weighted by atomic mass is 16.5. The lowest BCUT2D eigenvalue weighted by Gasteiger charge is -2.12. The van der Waals surface area contributed by atoms with Crippen LogP contribution in [-0.4, -0.2) is 34.7 Å². The maximum atomic E-state index is 12.6. The SMILES string of the molecule is COc1ccc(-c2cc3nc(C)c(CCC(=O)Nc4ccccc4C)c(C)n3n2)c(OC)c1. The highest BCUT2D eigenvalue weighted by Crippen LogP contribution is 2.33. The van der Waals surface area contributed by atoms with Crippen molar-refractivity contribution in [3.63, 3.8) is 0 Å². The monoisotopic (exact) mass is 444 g/mol. The van der Waals surface area contributed by atoms with Crippen LogP contribution in [0.4, 0.5) is 5.69 Å². The number of nitrogens with one attached hydrogen (secondary N) is 1. The van der Waals surface area contributed by atoms with Gasteiger partial charge in [0.2, 0.25) is 5.91 Å². The summed E-state index contributed by atoms with van der Waals surface area (Å²) in [6.45, 7) is 5.97. The lowest BCUT2D eigenvalue weighted by Crippen LogP contribution is -2.15. The van der Waals surface area contributed by atoms with Gasteiger partial charge in [-0.1, -0.05) is 18.2 Å². The van der Waals surface area contributed by atoms with E-state index in [0.717, 1.165) is 50.9 Å². The predicted octanol–water partition coefficient (Wildman–Crippen LogP) is 4.91. The van der Waals surface area contributed by atoms with Gasteiger partial charge in [-0.2, -0.15) is 5.10 Å². The summed E-state index contributed by atoms with van der Waals surface area (Å²) in [7, 11) is 3.25. The van der Waals surface area contributed by atoms with Crippen molar-refractivity contribution in [2.45, 2.75) is 33.6 Å². The number of aryl methyl sites for hydroxylation is 3. The Kier molecular flexibility index (Phi) is 6.31. The predicted molar refractivity (Wildman–Crippen MR) is 129 cm³/mol. The fraction of sp³-hybridized carbons (Fsp3) is 0.269. The number of ether oxygens (including phenoxy) is 2. The van der Waals surface area contributed by atoms with Gasteiger partial charge >= 0.3 is 0 Å². The van der Waals surface area contributed by atoms with Crippen molar-refractivity contribution in [1.29, 1.82) is 0 Å². The molecule has 0 atom stereocenters. The number of rotatable bonds is 7. The van der Waals surface area contributed by atoms with Gasteiger partial charge in [-0.25, -0.2) is 9.50 Å². The summed E-state index contributed by atoms with van der Waals surface area (Å²) in [6, 6.07) is 15.4. The van der Waals surface area contributed by atoms with Crippen molar-refractivity contribution in [3.8, 4) is 22.8 Å². The third-order valence-electron chi connectivity index (χ3n) is 5.87. The topological polar surface area (TPSA) is 77.8 Å². The second-order valence-electron chi connectivity index (χ2n) is 7.99. The van der Waals surface area contributed by atoms with Crippen LogP contribution in [0.3, 0.4) is 0 Å². The molecule has 7 nitrogen and oxygen atoms in total. The minimum absolute atomic E-state index is 0.0210. The van der Waals surface area contributed by atoms with Crippen molar-refractivity contribution in [3.05, 3.63) is 71.0 Å². The van der Waals surface area contributed by atoms with Gasteiger partial charge in [-0.05, 0) is 56.5 Å². The standard InChI is InChI=1S/C26H28N4O3/c1-16-8-6-7-9-22(16)28-26(31)13-12-20-17(2)27-25-15-23(29-30(25)18(20)3)21-11-10-19(32-4)14-24(21)33-5/h6-11,14-15H,12-13H2,1-5H3,(H,28,31). The fourth-order valence-electron chi connectivity index (χ4n) is 3.99. The molecule has 2 heterocycles. The molecule has 0 bridgehead atoms. The molecule has 0 aliphatic rings. The van der Waals surface area contributed by atoms with E-state index in [1.165, 1.54) is 0 Å². The first-order valence-electron chi connectivity index (χ1n) is 10.8. The van der Waals surface area contributed by atoms with E-state index in [1.807, 2.05) is 73.8 Å². The number of aromatic nitrogens is 3. The van der Waals surface area contributed by atoms with Gasteiger partial charge in [-0.15, -0.1) is 0 Å². The van der Waals surface area contributed by atoms with Gasteiger partial charge in [0.1, 0.15) is 11.5 Å². The first kappa shape index (κ1) is 22.3. The molecular weight excluding hydrogens is 416 g/mol. The van der Waals surface area contributed by atoms with E-state index in [-0.39, 0.29) is 5.91 Å². The van der Waals surface area contributed by atoms with Gasteiger partial charge in [0.25, 0.3) is 0 Å². The maximum absolute atomic E-state index is 12.6. The van der Waals surface area contributed by atoms with Gasteiger partial charge in [0, 0.05) is 41.2 Å². The summed E-state index contributed by atoms with van der Waals surface area (Å²) >= 11 is 0. The van der Waals surface area contributed by atoms with Crippen LogP contribution < -0.4 is 14.8 Å². The maximum Gasteiger partial charge on any atom is 0.224 e. The number of benzene rings is 2. The van der Waals surface area contributed by atoms with Gasteiger partial charge in [-0.3, -0.25) is 4.79 Å². The van der Waals surface area contributed by atoms with Crippen LogP contribution in [-0.2, 0) is 11.2 Å². The average Bonchev–Trinajstić information content (AvgIpc) is 3.24. The summed E-state index contributed by atoms with van der Waals surface area (Å²) in [6.07, 6.45) is 0.947. The van der Waals surface area contributed by atoms with Crippen molar-refractivity contribution in [2.75, 3.05) is 19.5 Å². The number of carbonyl (C=O) groups excluding carboxylic acids is 1. The average molecular weight is 445 g/mol. The molecule has 0 saturated carbocycles. The van der Waals surface area contributed by atoms with Crippen molar-refractivity contribution in [2.24, 2.45) is 0 Å². The number of hydrogen-bond acceptors (Lipinski definition) is 5. The van der Waals surface area contributed by atoms with Crippen molar-refractivity contribution in [1.82, 2.24) is 14.6 Å². The van der Waals surface area contributed by atoms with E-state index in [0.29, 0.717) is 18.6 Å². The molecule has 170 valence electrons. The van der Waals surface area contributed by atoms with Crippen molar-refractivity contribution < 1.29 is 14.3 Å². The van der Waals surface area contributed by atoms with Crippen molar-refractivity contribution >= 4 is 17.2 Å². The van der Waals surface area contributed by atoms with E-state index in [4.69, 9.17) is 19.6 Å². The Morgan fingerprint density at radius 2 is 1.82 bits per heavy atom. The second-order valence-corrected chi connectivity index (χ2v) is 7.99. The minimum atomic E-state index is -0.0210. The van der Waals surface area contributed by atoms with E-state index in [1.54, 1.807) is 14.2 Å². The quantitative estimate of drug-likeness (QED) is 0.438. The summed E-state index contributed by atoms with van der Waals surface area (Å²) in [5.41, 5.74) is 7.16. The molecule has 0 radical (unpaired) electrons. The zero-order valence-electron chi connectivity index (χ0n) is 19.6. The number of hydrogen-bond donors (Lipinski definition) is 1. The molecule has 2 aromatic carbocycles. The molecule has 7 heteroatoms. The Bertz CT molecular complexity index is 1330. The number of amides is 1. The molecule has 0 aliphatic carbocycles. The van der Waals surface area contributed by atoms with Crippen LogP contribution in [0.2, 0.25) is 0 Å². The van der Waals surface area contributed by atoms with E-state index in [2.05, 4.69) is 5.32 Å². The zero-order chi connectivity index (χ0) is 23.5. The molecule has 0 unspecified atom stereocenters. The lowest BCUT2D eigenvalue weighted by molar-refractivity contribution is -0.116. The summed E-state index contributed by atoms with van der Waals surface area (Å²) in [5.74, 6) is 1.38. The van der Waals surface area contributed by atoms with Gasteiger partial charge in [0.15, 0.2) is 5.65 Å². The molecular formula is C26H28N4O3. The number of nitrogens with zero attached hydrogens (tertiary/aromatic N) is 3. The third kappa shape index (κ3) is 4.53. The van der Waals surface area contributed by atoms with Crippen LogP contribution in [0, 0.1) is 20.8 Å². The van der Waals surface area contributed by atoms with Crippen LogP contribution in [0.5, 0.6) is 11.5 Å². The Labute approximate surface area is 193 Å². The van der Waals surface area contributed by atoms with Crippen LogP contribution in [0.25, 0.3) is 16.9 Å². The molecule has 1 N–H and O–H groups in total. The normalized spacial score (nSPS) is 10.9. The third-order valence-corrected chi connectivity index (χ3v) is 5.87. The fourth-order valence-corrected chi connectivity index (χ4v) is 3.99. The molecule has 4 aromatic rings. The number of fused-ring (bicyclic) bond motifs is 1. The molecule has 0 aliphatic heterocycles. The van der Waals surface area contributed by atoms with Gasteiger partial charge in [0.05, 0.1) is 19.9 Å². The number of anilines is 1. The smallest absolute Gasteiger partial charge is 0.224 e. The largest absolute Gasteiger partial charge is 0.497 e. The number of carbonyl (C=O) groups is 1. The second kappa shape index (κ2) is 9.32. The highest BCUT2D eigenvalue weighted by Gasteiger charge is 2.17. The van der Waals surface area contributed by atoms with E-state index >= 15 is 0 Å². The van der Waals surface area contributed by atoms with Crippen LogP contribution >= 0.6 is 0 Å². The van der Waals surface area contributed by atoms with Crippen LogP contribution in [0.1, 0.15) is 28.9 Å². The summed E-state index contributed by atoms with van der Waals surface area (Å²) in [5, 5.41) is 7.79. The Hall–Kier alpha value is -3.87. The Morgan fingerprint density at radius 3 is 2.55 bits per heavy atom. The number of para-hydroxylation sites is 1. The Balaban J connectivity index is 1.60. The first-order chi connectivity index (χ1) is 15.9. The lowest BCUT2D eigenvalue weighted by atomic mass is 10.1. The minimum Gasteiger partial charge on any atom is -0.497 e. The summed E-state index contributed by atoms with van der Waals surface area (Å²) < 4.78 is 12.7.